The van der Waals surface area contributed by atoms with Gasteiger partial charge in [0.15, 0.2) is 0 Å². The summed E-state index contributed by atoms with van der Waals surface area (Å²) in [5, 5.41) is 12.8. The normalized spacial score (nSPS) is 29.8. The Morgan fingerprint density at radius 2 is 1.92 bits per heavy atom. The molecule has 1 saturated heterocycles. The van der Waals surface area contributed by atoms with Gasteiger partial charge in [0.25, 0.3) is 0 Å². The lowest BCUT2D eigenvalue weighted by Crippen LogP contribution is -2.46. The van der Waals surface area contributed by atoms with Gasteiger partial charge in [-0.3, -0.25) is 0 Å². The number of piperidine rings is 1. The number of aliphatic hydroxyl groups is 1. The average molecular weight is 169 g/mol. The summed E-state index contributed by atoms with van der Waals surface area (Å²) in [6.07, 6.45) is 6.49. The fourth-order valence-electron chi connectivity index (χ4n) is 2.64. The number of rotatable bonds is 2. The molecule has 0 atom stereocenters. The van der Waals surface area contributed by atoms with Crippen molar-refractivity contribution in [1.82, 2.24) is 5.32 Å². The van der Waals surface area contributed by atoms with E-state index in [1.54, 1.807) is 0 Å². The maximum Gasteiger partial charge on any atom is 0.0491 e. The maximum atomic E-state index is 9.45. The summed E-state index contributed by atoms with van der Waals surface area (Å²) in [4.78, 5) is 0. The summed E-state index contributed by atoms with van der Waals surface area (Å²) < 4.78 is 0. The highest BCUT2D eigenvalue weighted by molar-refractivity contribution is 4.93. The highest BCUT2D eigenvalue weighted by Crippen LogP contribution is 2.46. The van der Waals surface area contributed by atoms with Gasteiger partial charge in [-0.25, -0.2) is 0 Å². The molecule has 70 valence electrons. The van der Waals surface area contributed by atoms with Gasteiger partial charge in [0, 0.05) is 6.61 Å². The quantitative estimate of drug-likeness (QED) is 0.650. The minimum Gasteiger partial charge on any atom is -0.396 e. The molecule has 1 aliphatic heterocycles. The topological polar surface area (TPSA) is 32.3 Å². The molecule has 0 aromatic heterocycles. The van der Waals surface area contributed by atoms with E-state index in [-0.39, 0.29) is 0 Å². The van der Waals surface area contributed by atoms with Crippen LogP contribution in [0.15, 0.2) is 0 Å². The van der Waals surface area contributed by atoms with E-state index in [1.807, 2.05) is 0 Å². The van der Waals surface area contributed by atoms with Crippen LogP contribution in [0.25, 0.3) is 0 Å². The first-order valence-electron chi connectivity index (χ1n) is 5.19. The van der Waals surface area contributed by atoms with Crippen molar-refractivity contribution in [2.75, 3.05) is 19.7 Å². The molecule has 0 radical (unpaired) electrons. The molecule has 0 aromatic rings. The first-order chi connectivity index (χ1) is 5.87. The van der Waals surface area contributed by atoms with Gasteiger partial charge in [0.05, 0.1) is 0 Å². The molecule has 2 rings (SSSR count). The third-order valence-electron chi connectivity index (χ3n) is 3.89. The predicted octanol–water partition coefficient (Wildman–Crippen LogP) is 1.15. The minimum absolute atomic E-state index is 0.309. The average Bonchev–Trinajstić information content (AvgIpc) is 2.03. The van der Waals surface area contributed by atoms with Crippen LogP contribution in [0.3, 0.4) is 0 Å². The first kappa shape index (κ1) is 8.52. The van der Waals surface area contributed by atoms with Gasteiger partial charge in [-0.05, 0) is 50.1 Å². The summed E-state index contributed by atoms with van der Waals surface area (Å²) in [7, 11) is 0. The summed E-state index contributed by atoms with van der Waals surface area (Å²) in [5.74, 6) is 0.838. The predicted molar refractivity (Wildman–Crippen MR) is 49.0 cm³/mol. The van der Waals surface area contributed by atoms with Crippen molar-refractivity contribution < 1.29 is 5.11 Å². The fourth-order valence-corrected chi connectivity index (χ4v) is 2.64. The Morgan fingerprint density at radius 3 is 2.33 bits per heavy atom. The third kappa shape index (κ3) is 1.27. The molecule has 0 aromatic carbocycles. The Morgan fingerprint density at radius 1 is 1.25 bits per heavy atom. The van der Waals surface area contributed by atoms with Crippen LogP contribution in [0.5, 0.6) is 0 Å². The second-order valence-corrected chi connectivity index (χ2v) is 4.40. The van der Waals surface area contributed by atoms with Crippen LogP contribution in [0.1, 0.15) is 32.1 Å². The van der Waals surface area contributed by atoms with Crippen LogP contribution in [0.4, 0.5) is 0 Å². The van der Waals surface area contributed by atoms with Crippen molar-refractivity contribution in [3.05, 3.63) is 0 Å². The van der Waals surface area contributed by atoms with Crippen molar-refractivity contribution >= 4 is 0 Å². The zero-order valence-corrected chi connectivity index (χ0v) is 7.68. The molecule has 2 N–H and O–H groups in total. The van der Waals surface area contributed by atoms with Crippen molar-refractivity contribution in [2.24, 2.45) is 11.3 Å². The van der Waals surface area contributed by atoms with E-state index in [2.05, 4.69) is 5.32 Å². The SMILES string of the molecule is OCC1(C2CCC2)CCNCC1. The smallest absolute Gasteiger partial charge is 0.0491 e. The van der Waals surface area contributed by atoms with Crippen molar-refractivity contribution in [2.45, 2.75) is 32.1 Å². The van der Waals surface area contributed by atoms with E-state index < -0.39 is 0 Å². The molecule has 0 unspecified atom stereocenters. The molecule has 0 amide bonds. The second-order valence-electron chi connectivity index (χ2n) is 4.40. The number of hydrogen-bond donors (Lipinski definition) is 2. The molecule has 12 heavy (non-hydrogen) atoms. The summed E-state index contributed by atoms with van der Waals surface area (Å²) in [6, 6.07) is 0. The zero-order chi connectivity index (χ0) is 8.44. The number of hydrogen-bond acceptors (Lipinski definition) is 2. The second kappa shape index (κ2) is 3.35. The van der Waals surface area contributed by atoms with Crippen LogP contribution < -0.4 is 5.32 Å². The Labute approximate surface area is 74.4 Å². The van der Waals surface area contributed by atoms with E-state index in [0.29, 0.717) is 12.0 Å². The minimum atomic E-state index is 0.309. The monoisotopic (exact) mass is 169 g/mol. The largest absolute Gasteiger partial charge is 0.396 e. The Hall–Kier alpha value is -0.0800. The van der Waals surface area contributed by atoms with Crippen molar-refractivity contribution in [3.63, 3.8) is 0 Å². The van der Waals surface area contributed by atoms with E-state index in [4.69, 9.17) is 0 Å². The lowest BCUT2D eigenvalue weighted by Gasteiger charge is -2.47. The van der Waals surface area contributed by atoms with Gasteiger partial charge in [0.2, 0.25) is 0 Å². The van der Waals surface area contributed by atoms with Gasteiger partial charge in [-0.1, -0.05) is 6.42 Å². The van der Waals surface area contributed by atoms with Gasteiger partial charge in [-0.2, -0.15) is 0 Å². The van der Waals surface area contributed by atoms with Gasteiger partial charge in [-0.15, -0.1) is 0 Å². The molecule has 2 nitrogen and oxygen atoms in total. The van der Waals surface area contributed by atoms with Crippen LogP contribution in [0, 0.1) is 11.3 Å². The summed E-state index contributed by atoms with van der Waals surface area (Å²) >= 11 is 0. The highest BCUT2D eigenvalue weighted by Gasteiger charge is 2.41. The molecule has 2 aliphatic rings. The Balaban J connectivity index is 2.00. The molecular formula is C10H19NO. The molecule has 0 spiro atoms. The Bertz CT molecular complexity index is 148. The van der Waals surface area contributed by atoms with Crippen LogP contribution in [-0.2, 0) is 0 Å². The number of aliphatic hydroxyl groups excluding tert-OH is 1. The summed E-state index contributed by atoms with van der Waals surface area (Å²) in [5.41, 5.74) is 0.309. The lowest BCUT2D eigenvalue weighted by molar-refractivity contribution is -0.00701. The van der Waals surface area contributed by atoms with E-state index in [9.17, 15) is 5.11 Å². The molecule has 1 heterocycles. The summed E-state index contributed by atoms with van der Waals surface area (Å²) in [6.45, 7) is 2.63. The fraction of sp³-hybridized carbons (Fsp3) is 1.00. The van der Waals surface area contributed by atoms with Crippen molar-refractivity contribution in [3.8, 4) is 0 Å². The molecule has 1 saturated carbocycles. The van der Waals surface area contributed by atoms with E-state index in [0.717, 1.165) is 19.0 Å². The Kier molecular flexibility index (Phi) is 2.37. The molecule has 1 aliphatic carbocycles. The molecular weight excluding hydrogens is 150 g/mol. The number of nitrogens with one attached hydrogen (secondary N) is 1. The van der Waals surface area contributed by atoms with Crippen LogP contribution in [0.2, 0.25) is 0 Å². The van der Waals surface area contributed by atoms with Gasteiger partial charge in [0.1, 0.15) is 0 Å². The highest BCUT2D eigenvalue weighted by atomic mass is 16.3. The van der Waals surface area contributed by atoms with E-state index in [1.165, 1.54) is 32.1 Å². The van der Waals surface area contributed by atoms with Crippen molar-refractivity contribution in [1.29, 1.82) is 0 Å². The van der Waals surface area contributed by atoms with Gasteiger partial charge < -0.3 is 10.4 Å². The lowest BCUT2D eigenvalue weighted by atomic mass is 9.61. The van der Waals surface area contributed by atoms with Crippen LogP contribution in [-0.4, -0.2) is 24.8 Å². The van der Waals surface area contributed by atoms with Gasteiger partial charge >= 0.3 is 0 Å². The third-order valence-corrected chi connectivity index (χ3v) is 3.89. The zero-order valence-electron chi connectivity index (χ0n) is 7.68. The maximum absolute atomic E-state index is 9.45. The molecule has 2 heteroatoms. The molecule has 2 fully saturated rings. The first-order valence-corrected chi connectivity index (χ1v) is 5.19. The van der Waals surface area contributed by atoms with E-state index >= 15 is 0 Å². The standard InChI is InChI=1S/C10H19NO/c12-8-10(9-2-1-3-9)4-6-11-7-5-10/h9,11-12H,1-8H2. The van der Waals surface area contributed by atoms with Crippen LogP contribution >= 0.6 is 0 Å². The molecule has 0 bridgehead atoms.